The van der Waals surface area contributed by atoms with Crippen LogP contribution in [0.2, 0.25) is 0 Å². The SMILES string of the molecule is CCN1CC(C(=O)O)C(c2ccc(Br)c(F)c2)C1. The van der Waals surface area contributed by atoms with Gasteiger partial charge in [0.25, 0.3) is 0 Å². The van der Waals surface area contributed by atoms with Crippen LogP contribution >= 0.6 is 15.9 Å². The summed E-state index contributed by atoms with van der Waals surface area (Å²) in [6.07, 6.45) is 0. The first-order valence-electron chi connectivity index (χ1n) is 5.93. The number of benzene rings is 1. The number of hydrogen-bond acceptors (Lipinski definition) is 2. The Kier molecular flexibility index (Phi) is 4.02. The average molecular weight is 316 g/mol. The Morgan fingerprint density at radius 3 is 2.83 bits per heavy atom. The first-order chi connectivity index (χ1) is 8.52. The second-order valence-electron chi connectivity index (χ2n) is 4.58. The van der Waals surface area contributed by atoms with Crippen LogP contribution in [0, 0.1) is 11.7 Å². The molecule has 18 heavy (non-hydrogen) atoms. The van der Waals surface area contributed by atoms with Crippen LogP contribution in [-0.2, 0) is 4.79 Å². The summed E-state index contributed by atoms with van der Waals surface area (Å²) in [5, 5.41) is 9.25. The zero-order valence-electron chi connectivity index (χ0n) is 10.1. The molecule has 0 aromatic heterocycles. The molecule has 0 radical (unpaired) electrons. The molecule has 1 aliphatic rings. The number of halogens is 2. The van der Waals surface area contributed by atoms with Crippen molar-refractivity contribution in [2.45, 2.75) is 12.8 Å². The lowest BCUT2D eigenvalue weighted by molar-refractivity contribution is -0.141. The summed E-state index contributed by atoms with van der Waals surface area (Å²) in [6.45, 7) is 4.03. The Hall–Kier alpha value is -0.940. The van der Waals surface area contributed by atoms with Crippen LogP contribution in [0.4, 0.5) is 4.39 Å². The summed E-state index contributed by atoms with van der Waals surface area (Å²) < 4.78 is 13.9. The van der Waals surface area contributed by atoms with Gasteiger partial charge in [0.05, 0.1) is 10.4 Å². The zero-order chi connectivity index (χ0) is 13.3. The fraction of sp³-hybridized carbons (Fsp3) is 0.462. The molecule has 2 rings (SSSR count). The van der Waals surface area contributed by atoms with Gasteiger partial charge < -0.3 is 10.0 Å². The second-order valence-corrected chi connectivity index (χ2v) is 5.43. The first kappa shape index (κ1) is 13.5. The lowest BCUT2D eigenvalue weighted by Crippen LogP contribution is -2.23. The molecule has 0 bridgehead atoms. The molecule has 1 aromatic carbocycles. The Labute approximate surface area is 114 Å². The van der Waals surface area contributed by atoms with E-state index in [0.29, 0.717) is 17.6 Å². The molecule has 5 heteroatoms. The number of carboxylic acids is 1. The standard InChI is InChI=1S/C13H15BrFNO2/c1-2-16-6-9(10(7-16)13(17)18)8-3-4-11(14)12(15)5-8/h3-5,9-10H,2,6-7H2,1H3,(H,17,18). The van der Waals surface area contributed by atoms with Gasteiger partial charge in [0.15, 0.2) is 0 Å². The minimum atomic E-state index is -0.806. The van der Waals surface area contributed by atoms with Gasteiger partial charge in [-0.1, -0.05) is 13.0 Å². The van der Waals surface area contributed by atoms with Crippen molar-refractivity contribution in [2.75, 3.05) is 19.6 Å². The topological polar surface area (TPSA) is 40.5 Å². The molecular formula is C13H15BrFNO2. The van der Waals surface area contributed by atoms with Crippen molar-refractivity contribution in [3.63, 3.8) is 0 Å². The molecule has 0 spiro atoms. The highest BCUT2D eigenvalue weighted by molar-refractivity contribution is 9.10. The predicted octanol–water partition coefficient (Wildman–Crippen LogP) is 2.71. The quantitative estimate of drug-likeness (QED) is 0.932. The summed E-state index contributed by atoms with van der Waals surface area (Å²) in [6, 6.07) is 4.87. The van der Waals surface area contributed by atoms with E-state index in [-0.39, 0.29) is 11.7 Å². The van der Waals surface area contributed by atoms with Crippen molar-refractivity contribution in [1.29, 1.82) is 0 Å². The molecule has 2 unspecified atom stereocenters. The highest BCUT2D eigenvalue weighted by atomic mass is 79.9. The van der Waals surface area contributed by atoms with Gasteiger partial charge >= 0.3 is 5.97 Å². The van der Waals surface area contributed by atoms with E-state index in [0.717, 1.165) is 12.1 Å². The van der Waals surface area contributed by atoms with Gasteiger partial charge in [-0.3, -0.25) is 4.79 Å². The third kappa shape index (κ3) is 2.57. The molecule has 1 aliphatic heterocycles. The Morgan fingerprint density at radius 1 is 1.56 bits per heavy atom. The van der Waals surface area contributed by atoms with Crippen molar-refractivity contribution >= 4 is 21.9 Å². The summed E-state index contributed by atoms with van der Waals surface area (Å²) >= 11 is 3.11. The number of hydrogen-bond donors (Lipinski definition) is 1. The monoisotopic (exact) mass is 315 g/mol. The normalized spacial score (nSPS) is 24.4. The lowest BCUT2D eigenvalue weighted by Gasteiger charge is -2.15. The molecule has 2 atom stereocenters. The third-order valence-electron chi connectivity index (χ3n) is 3.53. The van der Waals surface area contributed by atoms with Gasteiger partial charge in [0, 0.05) is 19.0 Å². The van der Waals surface area contributed by atoms with Crippen molar-refractivity contribution < 1.29 is 14.3 Å². The number of nitrogens with zero attached hydrogens (tertiary/aromatic N) is 1. The number of likely N-dealkylation sites (tertiary alicyclic amines) is 1. The highest BCUT2D eigenvalue weighted by Gasteiger charge is 2.37. The Morgan fingerprint density at radius 2 is 2.28 bits per heavy atom. The van der Waals surface area contributed by atoms with Gasteiger partial charge in [0.2, 0.25) is 0 Å². The van der Waals surface area contributed by atoms with Crippen molar-refractivity contribution in [3.8, 4) is 0 Å². The fourth-order valence-corrected chi connectivity index (χ4v) is 2.72. The van der Waals surface area contributed by atoms with E-state index in [2.05, 4.69) is 20.8 Å². The number of rotatable bonds is 3. The van der Waals surface area contributed by atoms with E-state index in [1.165, 1.54) is 6.07 Å². The zero-order valence-corrected chi connectivity index (χ0v) is 11.7. The molecule has 0 saturated carbocycles. The number of aliphatic carboxylic acids is 1. The molecular weight excluding hydrogens is 301 g/mol. The third-order valence-corrected chi connectivity index (χ3v) is 4.17. The van der Waals surface area contributed by atoms with Crippen LogP contribution in [0.25, 0.3) is 0 Å². The fourth-order valence-electron chi connectivity index (χ4n) is 2.47. The van der Waals surface area contributed by atoms with Crippen molar-refractivity contribution in [2.24, 2.45) is 5.92 Å². The molecule has 1 N–H and O–H groups in total. The van der Waals surface area contributed by atoms with Gasteiger partial charge in [-0.05, 0) is 40.2 Å². The summed E-state index contributed by atoms with van der Waals surface area (Å²) in [4.78, 5) is 13.4. The number of carboxylic acid groups (broad SMARTS) is 1. The molecule has 0 aliphatic carbocycles. The molecule has 3 nitrogen and oxygen atoms in total. The summed E-state index contributed by atoms with van der Waals surface area (Å²) in [7, 11) is 0. The molecule has 1 saturated heterocycles. The molecule has 1 heterocycles. The first-order valence-corrected chi connectivity index (χ1v) is 6.72. The van der Waals surface area contributed by atoms with E-state index >= 15 is 0 Å². The Bertz CT molecular complexity index is 466. The van der Waals surface area contributed by atoms with Crippen molar-refractivity contribution in [3.05, 3.63) is 34.1 Å². The number of carbonyl (C=O) groups is 1. The molecule has 1 aromatic rings. The number of likely N-dealkylation sites (N-methyl/N-ethyl adjacent to an activating group) is 1. The summed E-state index contributed by atoms with van der Waals surface area (Å²) in [5.74, 6) is -1.73. The van der Waals surface area contributed by atoms with E-state index in [1.54, 1.807) is 12.1 Å². The lowest BCUT2D eigenvalue weighted by atomic mass is 9.89. The molecule has 1 fully saturated rings. The largest absolute Gasteiger partial charge is 0.481 e. The maximum absolute atomic E-state index is 13.5. The van der Waals surface area contributed by atoms with Crippen LogP contribution in [0.15, 0.2) is 22.7 Å². The van der Waals surface area contributed by atoms with E-state index in [1.807, 2.05) is 6.92 Å². The maximum Gasteiger partial charge on any atom is 0.308 e. The minimum Gasteiger partial charge on any atom is -0.481 e. The Balaban J connectivity index is 2.29. The van der Waals surface area contributed by atoms with Crippen molar-refractivity contribution in [1.82, 2.24) is 4.90 Å². The molecule has 0 amide bonds. The van der Waals surface area contributed by atoms with Crippen LogP contribution in [0.5, 0.6) is 0 Å². The highest BCUT2D eigenvalue weighted by Crippen LogP contribution is 2.34. The smallest absolute Gasteiger partial charge is 0.308 e. The maximum atomic E-state index is 13.5. The average Bonchev–Trinajstić information content (AvgIpc) is 2.77. The van der Waals surface area contributed by atoms with Crippen LogP contribution < -0.4 is 0 Å². The van der Waals surface area contributed by atoms with Gasteiger partial charge in [-0.15, -0.1) is 0 Å². The van der Waals surface area contributed by atoms with Crippen LogP contribution in [-0.4, -0.2) is 35.6 Å². The molecule has 98 valence electrons. The van der Waals surface area contributed by atoms with E-state index in [4.69, 9.17) is 0 Å². The van der Waals surface area contributed by atoms with E-state index in [9.17, 15) is 14.3 Å². The summed E-state index contributed by atoms with van der Waals surface area (Å²) in [5.41, 5.74) is 0.763. The van der Waals surface area contributed by atoms with Gasteiger partial charge in [-0.2, -0.15) is 0 Å². The van der Waals surface area contributed by atoms with E-state index < -0.39 is 11.9 Å². The minimum absolute atomic E-state index is 0.134. The van der Waals surface area contributed by atoms with Gasteiger partial charge in [-0.25, -0.2) is 4.39 Å². The van der Waals surface area contributed by atoms with Gasteiger partial charge in [0.1, 0.15) is 5.82 Å². The van der Waals surface area contributed by atoms with Crippen LogP contribution in [0.1, 0.15) is 18.4 Å². The second kappa shape index (κ2) is 5.36. The predicted molar refractivity (Wildman–Crippen MR) is 70.1 cm³/mol. The van der Waals surface area contributed by atoms with Crippen LogP contribution in [0.3, 0.4) is 0 Å².